The van der Waals surface area contributed by atoms with Crippen LogP contribution in [0.2, 0.25) is 0 Å². The molecule has 13 nitrogen and oxygen atoms in total. The van der Waals surface area contributed by atoms with E-state index < -0.39 is 63.9 Å². The van der Waals surface area contributed by atoms with Gasteiger partial charge >= 0.3 is 23.8 Å². The van der Waals surface area contributed by atoms with Crippen LogP contribution in [0.3, 0.4) is 0 Å². The molecule has 14 heteroatoms. The molecule has 3 fully saturated rings. The van der Waals surface area contributed by atoms with E-state index in [4.69, 9.17) is 0 Å². The molecule has 0 aliphatic carbocycles. The van der Waals surface area contributed by atoms with Gasteiger partial charge in [0, 0.05) is 24.4 Å². The maximum absolute atomic E-state index is 13.3. The quantitative estimate of drug-likeness (QED) is 0.303. The van der Waals surface area contributed by atoms with Gasteiger partial charge in [0.15, 0.2) is 0 Å². The Bertz CT molecular complexity index is 1130. The number of likely N-dealkylation sites (N-methyl/N-ethyl adjacent to an activating group) is 1. The lowest BCUT2D eigenvalue weighted by Crippen LogP contribution is -2.71. The van der Waals surface area contributed by atoms with Gasteiger partial charge in [-0.3, -0.25) is 24.1 Å². The zero-order valence-corrected chi connectivity index (χ0v) is 21.3. The third kappa shape index (κ3) is 4.85. The molecule has 3 heterocycles. The van der Waals surface area contributed by atoms with Crippen molar-refractivity contribution in [3.05, 3.63) is 35.9 Å². The monoisotopic (exact) mass is 535 g/mol. The SMILES string of the molecule is CCN1CCN(C(=O)NC(C(=O)NC2C(=O)N3C2SC(C)(C)C3C(=O)O)c2ccccc2)C(=O)C1=O.O. The van der Waals surface area contributed by atoms with Crippen molar-refractivity contribution in [1.29, 1.82) is 0 Å². The maximum atomic E-state index is 13.3. The van der Waals surface area contributed by atoms with E-state index in [9.17, 15) is 33.9 Å². The van der Waals surface area contributed by atoms with Crippen molar-refractivity contribution in [2.24, 2.45) is 0 Å². The number of nitrogens with zero attached hydrogens (tertiary/aromatic N) is 3. The lowest BCUT2D eigenvalue weighted by atomic mass is 9.95. The Morgan fingerprint density at radius 2 is 1.76 bits per heavy atom. The van der Waals surface area contributed by atoms with E-state index in [1.807, 2.05) is 0 Å². The standard InChI is InChI=1S/C23H27N5O7S.H2O/c1-4-26-10-11-27(19(32)18(26)31)22(35)25-13(12-8-6-5-7-9-12)16(29)24-14-17(30)28-15(21(33)34)23(2,3)36-20(14)28;/h5-9,13-15,20H,4,10-11H2,1-3H3,(H,24,29)(H,25,35)(H,33,34);1H2. The number of imide groups is 1. The van der Waals surface area contributed by atoms with Crippen molar-refractivity contribution in [2.75, 3.05) is 19.6 Å². The van der Waals surface area contributed by atoms with Crippen LogP contribution >= 0.6 is 11.8 Å². The number of hydrogen-bond donors (Lipinski definition) is 3. The highest BCUT2D eigenvalue weighted by molar-refractivity contribution is 8.01. The topological polar surface area (TPSA) is 188 Å². The molecule has 5 N–H and O–H groups in total. The molecule has 4 atom stereocenters. The van der Waals surface area contributed by atoms with E-state index in [1.54, 1.807) is 51.1 Å². The van der Waals surface area contributed by atoms with E-state index >= 15 is 0 Å². The second kappa shape index (κ2) is 10.4. The third-order valence-electron chi connectivity index (χ3n) is 6.57. The molecular formula is C23H29N5O8S. The number of carboxylic acid groups (broad SMARTS) is 1. The molecule has 3 aliphatic heterocycles. The van der Waals surface area contributed by atoms with Crippen LogP contribution in [0, 0.1) is 0 Å². The highest BCUT2D eigenvalue weighted by Gasteiger charge is 2.64. The molecule has 4 rings (SSSR count). The predicted octanol–water partition coefficient (Wildman–Crippen LogP) is -1.06. The summed E-state index contributed by atoms with van der Waals surface area (Å²) in [6.07, 6.45) is 0. The van der Waals surface area contributed by atoms with Crippen LogP contribution in [0.25, 0.3) is 0 Å². The molecule has 3 saturated heterocycles. The van der Waals surface area contributed by atoms with E-state index in [1.165, 1.54) is 21.6 Å². The third-order valence-corrected chi connectivity index (χ3v) is 8.14. The predicted molar refractivity (Wildman–Crippen MR) is 131 cm³/mol. The van der Waals surface area contributed by atoms with Crippen molar-refractivity contribution in [2.45, 2.75) is 49.0 Å². The normalized spacial score (nSPS) is 25.0. The molecule has 200 valence electrons. The Labute approximate surface area is 216 Å². The average molecular weight is 536 g/mol. The number of urea groups is 1. The molecule has 1 aromatic rings. The number of β-lactam (4-membered cyclic amide) rings is 1. The zero-order chi connectivity index (χ0) is 26.4. The molecule has 0 bridgehead atoms. The summed E-state index contributed by atoms with van der Waals surface area (Å²) in [5, 5.41) is 14.2. The van der Waals surface area contributed by atoms with Crippen LogP contribution in [0.4, 0.5) is 4.79 Å². The summed E-state index contributed by atoms with van der Waals surface area (Å²) in [5.74, 6) is -4.12. The molecule has 1 aromatic carbocycles. The molecular weight excluding hydrogens is 506 g/mol. The van der Waals surface area contributed by atoms with Crippen LogP contribution in [-0.4, -0.2) is 103 Å². The summed E-state index contributed by atoms with van der Waals surface area (Å²) in [6.45, 7) is 5.67. The van der Waals surface area contributed by atoms with Crippen LogP contribution in [0.1, 0.15) is 32.4 Å². The Kier molecular flexibility index (Phi) is 7.83. The maximum Gasteiger partial charge on any atom is 0.327 e. The smallest absolute Gasteiger partial charge is 0.327 e. The van der Waals surface area contributed by atoms with E-state index in [-0.39, 0.29) is 18.6 Å². The van der Waals surface area contributed by atoms with Crippen molar-refractivity contribution >= 4 is 47.4 Å². The van der Waals surface area contributed by atoms with Gasteiger partial charge in [0.2, 0.25) is 11.8 Å². The van der Waals surface area contributed by atoms with Gasteiger partial charge in [-0.25, -0.2) is 9.59 Å². The fourth-order valence-electron chi connectivity index (χ4n) is 4.70. The first kappa shape index (κ1) is 27.9. The highest BCUT2D eigenvalue weighted by atomic mass is 32.2. The molecule has 0 saturated carbocycles. The van der Waals surface area contributed by atoms with Gasteiger partial charge < -0.3 is 31.0 Å². The number of carbonyl (C=O) groups is 6. The van der Waals surface area contributed by atoms with Gasteiger partial charge in [-0.2, -0.15) is 0 Å². The molecule has 6 amide bonds. The summed E-state index contributed by atoms with van der Waals surface area (Å²) < 4.78 is -0.758. The fourth-order valence-corrected chi connectivity index (χ4v) is 6.32. The first-order valence-corrected chi connectivity index (χ1v) is 12.3. The summed E-state index contributed by atoms with van der Waals surface area (Å²) in [5.41, 5.74) is 0.403. The fraction of sp³-hybridized carbons (Fsp3) is 0.478. The first-order valence-electron chi connectivity index (χ1n) is 11.5. The van der Waals surface area contributed by atoms with Crippen LogP contribution < -0.4 is 10.6 Å². The molecule has 0 spiro atoms. The summed E-state index contributed by atoms with van der Waals surface area (Å²) in [4.78, 5) is 78.8. The Balaban J connectivity index is 0.00000380. The average Bonchev–Trinajstić information content (AvgIpc) is 3.10. The van der Waals surface area contributed by atoms with Crippen LogP contribution in [0.15, 0.2) is 30.3 Å². The van der Waals surface area contributed by atoms with Crippen molar-refractivity contribution in [3.8, 4) is 0 Å². The van der Waals surface area contributed by atoms with Gasteiger partial charge in [-0.1, -0.05) is 30.3 Å². The number of aliphatic carboxylic acids is 1. The lowest BCUT2D eigenvalue weighted by Gasteiger charge is -2.44. The minimum atomic E-state index is -1.26. The van der Waals surface area contributed by atoms with Crippen LogP contribution in [-0.2, 0) is 24.0 Å². The van der Waals surface area contributed by atoms with Crippen molar-refractivity contribution in [3.63, 3.8) is 0 Å². The van der Waals surface area contributed by atoms with E-state index in [0.29, 0.717) is 12.1 Å². The largest absolute Gasteiger partial charge is 0.480 e. The lowest BCUT2D eigenvalue weighted by molar-refractivity contribution is -0.161. The molecule has 0 aromatic heterocycles. The highest BCUT2D eigenvalue weighted by Crippen LogP contribution is 2.50. The molecule has 37 heavy (non-hydrogen) atoms. The molecule has 3 aliphatic rings. The molecule has 0 radical (unpaired) electrons. The number of carbonyl (C=O) groups excluding carboxylic acids is 5. The number of carboxylic acids is 1. The van der Waals surface area contributed by atoms with Crippen molar-refractivity contribution < 1.29 is 39.3 Å². The number of fused-ring (bicyclic) bond motifs is 1. The van der Waals surface area contributed by atoms with E-state index in [0.717, 1.165) is 4.90 Å². The second-order valence-corrected chi connectivity index (χ2v) is 11.0. The number of nitrogens with one attached hydrogen (secondary N) is 2. The zero-order valence-electron chi connectivity index (χ0n) is 20.5. The minimum absolute atomic E-state index is 0. The Hall–Kier alpha value is -3.65. The van der Waals surface area contributed by atoms with Gasteiger partial charge in [0.25, 0.3) is 0 Å². The number of rotatable bonds is 6. The summed E-state index contributed by atoms with van der Waals surface area (Å²) in [7, 11) is 0. The van der Waals surface area contributed by atoms with Gasteiger partial charge in [-0.05, 0) is 26.3 Å². The number of benzene rings is 1. The van der Waals surface area contributed by atoms with E-state index in [2.05, 4.69) is 10.6 Å². The number of thioether (sulfide) groups is 1. The molecule has 4 unspecified atom stereocenters. The Morgan fingerprint density at radius 3 is 2.35 bits per heavy atom. The summed E-state index contributed by atoms with van der Waals surface area (Å²) in [6, 6.07) is 4.11. The van der Waals surface area contributed by atoms with Gasteiger partial charge in [0.1, 0.15) is 23.5 Å². The first-order chi connectivity index (χ1) is 17.0. The number of amides is 6. The van der Waals surface area contributed by atoms with Crippen LogP contribution in [0.5, 0.6) is 0 Å². The van der Waals surface area contributed by atoms with Crippen molar-refractivity contribution in [1.82, 2.24) is 25.3 Å². The summed E-state index contributed by atoms with van der Waals surface area (Å²) >= 11 is 1.28. The number of hydrogen-bond acceptors (Lipinski definition) is 7. The van der Waals surface area contributed by atoms with Gasteiger partial charge in [0.05, 0.1) is 0 Å². The number of piperazine rings is 1. The van der Waals surface area contributed by atoms with Gasteiger partial charge in [-0.15, -0.1) is 11.8 Å². The second-order valence-electron chi connectivity index (χ2n) is 9.22. The minimum Gasteiger partial charge on any atom is -0.480 e. The Morgan fingerprint density at radius 1 is 1.11 bits per heavy atom.